The first kappa shape index (κ1) is 21.2. The summed E-state index contributed by atoms with van der Waals surface area (Å²) in [7, 11) is -3.89. The Bertz CT molecular complexity index is 953. The van der Waals surface area contributed by atoms with E-state index in [0.717, 1.165) is 24.3 Å². The van der Waals surface area contributed by atoms with Crippen molar-refractivity contribution in [2.45, 2.75) is 38.0 Å². The van der Waals surface area contributed by atoms with Crippen LogP contribution in [0.15, 0.2) is 53.4 Å². The maximum Gasteiger partial charge on any atom is 0.339 e. The highest BCUT2D eigenvalue weighted by atomic mass is 32.2. The van der Waals surface area contributed by atoms with Gasteiger partial charge in [0, 0.05) is 38.8 Å². The van der Waals surface area contributed by atoms with Crippen molar-refractivity contribution in [2.24, 2.45) is 0 Å². The summed E-state index contributed by atoms with van der Waals surface area (Å²) in [6.07, 6.45) is 0. The van der Waals surface area contributed by atoms with Gasteiger partial charge in [0.05, 0.1) is 0 Å². The number of anilines is 1. The van der Waals surface area contributed by atoms with Gasteiger partial charge in [-0.05, 0) is 47.4 Å². The zero-order valence-electron chi connectivity index (χ0n) is 17.4. The molecule has 1 saturated heterocycles. The number of nitrogens with zero attached hydrogens (tertiary/aromatic N) is 2. The molecule has 0 radical (unpaired) electrons. The summed E-state index contributed by atoms with van der Waals surface area (Å²) in [5, 5.41) is 0. The largest absolute Gasteiger partial charge is 0.379 e. The lowest BCUT2D eigenvalue weighted by Crippen LogP contribution is -2.48. The molecule has 0 N–H and O–H groups in total. The van der Waals surface area contributed by atoms with Crippen molar-refractivity contribution in [2.75, 3.05) is 31.1 Å². The Morgan fingerprint density at radius 2 is 1.45 bits per heavy atom. The van der Waals surface area contributed by atoms with Crippen LogP contribution in [0, 0.1) is 0 Å². The molecular formula is C22H28N2O4S. The van der Waals surface area contributed by atoms with Gasteiger partial charge in [0.25, 0.3) is 0 Å². The number of hydrogen-bond donors (Lipinski definition) is 0. The molecule has 7 heteroatoms. The fraction of sp³-hybridized carbons (Fsp3) is 0.409. The lowest BCUT2D eigenvalue weighted by atomic mass is 9.87. The number of piperazine rings is 1. The third-order valence-electron chi connectivity index (χ3n) is 5.14. The van der Waals surface area contributed by atoms with Crippen LogP contribution in [0.5, 0.6) is 5.75 Å². The number of carbonyl (C=O) groups excluding carboxylic acids is 1. The normalized spacial score (nSPS) is 15.3. The Kier molecular flexibility index (Phi) is 5.89. The predicted octanol–water partition coefficient (Wildman–Crippen LogP) is 3.42. The molecule has 0 aromatic heterocycles. The van der Waals surface area contributed by atoms with E-state index in [-0.39, 0.29) is 22.0 Å². The quantitative estimate of drug-likeness (QED) is 0.715. The summed E-state index contributed by atoms with van der Waals surface area (Å²) in [5.41, 5.74) is 1.99. The summed E-state index contributed by atoms with van der Waals surface area (Å²) in [4.78, 5) is 15.6. The van der Waals surface area contributed by atoms with Crippen LogP contribution < -0.4 is 9.08 Å². The average molecular weight is 417 g/mol. The fourth-order valence-electron chi connectivity index (χ4n) is 3.29. The van der Waals surface area contributed by atoms with Crippen molar-refractivity contribution >= 4 is 21.7 Å². The number of carbonyl (C=O) groups is 1. The second kappa shape index (κ2) is 8.06. The Morgan fingerprint density at radius 1 is 0.897 bits per heavy atom. The van der Waals surface area contributed by atoms with Crippen molar-refractivity contribution in [3.8, 4) is 5.75 Å². The van der Waals surface area contributed by atoms with Gasteiger partial charge in [0.15, 0.2) is 0 Å². The van der Waals surface area contributed by atoms with E-state index in [4.69, 9.17) is 4.18 Å². The van der Waals surface area contributed by atoms with Gasteiger partial charge in [-0.1, -0.05) is 32.9 Å². The maximum absolute atomic E-state index is 12.6. The van der Waals surface area contributed by atoms with Crippen LogP contribution in [0.4, 0.5) is 5.69 Å². The number of hydrogen-bond acceptors (Lipinski definition) is 5. The zero-order chi connectivity index (χ0) is 21.2. The van der Waals surface area contributed by atoms with E-state index < -0.39 is 10.1 Å². The summed E-state index contributed by atoms with van der Waals surface area (Å²) in [6.45, 7) is 10.7. The van der Waals surface area contributed by atoms with Crippen molar-refractivity contribution < 1.29 is 17.4 Å². The van der Waals surface area contributed by atoms with Gasteiger partial charge < -0.3 is 14.0 Å². The van der Waals surface area contributed by atoms with Crippen LogP contribution in [0.3, 0.4) is 0 Å². The minimum Gasteiger partial charge on any atom is -0.379 e. The highest BCUT2D eigenvalue weighted by molar-refractivity contribution is 7.87. The van der Waals surface area contributed by atoms with Crippen molar-refractivity contribution in [1.29, 1.82) is 0 Å². The Balaban J connectivity index is 1.67. The smallest absolute Gasteiger partial charge is 0.339 e. The molecule has 1 heterocycles. The molecule has 1 fully saturated rings. The van der Waals surface area contributed by atoms with E-state index >= 15 is 0 Å². The van der Waals surface area contributed by atoms with Crippen LogP contribution >= 0.6 is 0 Å². The maximum atomic E-state index is 12.6. The second-order valence-corrected chi connectivity index (χ2v) is 9.85. The minimum atomic E-state index is -3.89. The fourth-order valence-corrected chi connectivity index (χ4v) is 4.22. The van der Waals surface area contributed by atoms with Crippen LogP contribution in [0.2, 0.25) is 0 Å². The first-order chi connectivity index (χ1) is 13.6. The number of benzene rings is 2. The molecule has 6 nitrogen and oxygen atoms in total. The highest BCUT2D eigenvalue weighted by Gasteiger charge is 2.21. The molecule has 156 valence electrons. The lowest BCUT2D eigenvalue weighted by Gasteiger charge is -2.35. The highest BCUT2D eigenvalue weighted by Crippen LogP contribution is 2.26. The third kappa shape index (κ3) is 5.09. The van der Waals surface area contributed by atoms with E-state index in [0.29, 0.717) is 13.1 Å². The van der Waals surface area contributed by atoms with Crippen molar-refractivity contribution in [3.05, 3.63) is 54.1 Å². The molecule has 0 saturated carbocycles. The lowest BCUT2D eigenvalue weighted by molar-refractivity contribution is -0.129. The molecule has 0 unspecified atom stereocenters. The third-order valence-corrected chi connectivity index (χ3v) is 6.40. The van der Waals surface area contributed by atoms with E-state index in [1.54, 1.807) is 31.2 Å². The van der Waals surface area contributed by atoms with Gasteiger partial charge in [-0.15, -0.1) is 0 Å². The molecule has 1 amide bonds. The molecule has 3 rings (SSSR count). The standard InChI is InChI=1S/C22H28N2O4S/c1-17(25)23-13-15-24(16-14-23)19-7-9-20(10-8-19)28-29(26,27)21-11-5-18(6-12-21)22(2,3)4/h5-12H,13-16H2,1-4H3. The summed E-state index contributed by atoms with van der Waals surface area (Å²) < 4.78 is 30.5. The molecule has 0 spiro atoms. The molecule has 0 aliphatic carbocycles. The van der Waals surface area contributed by atoms with Crippen molar-refractivity contribution in [3.63, 3.8) is 0 Å². The SMILES string of the molecule is CC(=O)N1CCN(c2ccc(OS(=O)(=O)c3ccc(C(C)(C)C)cc3)cc2)CC1. The van der Waals surface area contributed by atoms with Gasteiger partial charge in [0.2, 0.25) is 5.91 Å². The summed E-state index contributed by atoms with van der Waals surface area (Å²) in [6, 6.07) is 13.8. The van der Waals surface area contributed by atoms with Gasteiger partial charge >= 0.3 is 10.1 Å². The van der Waals surface area contributed by atoms with Gasteiger partial charge in [-0.25, -0.2) is 0 Å². The van der Waals surface area contributed by atoms with E-state index in [1.807, 2.05) is 29.2 Å². The van der Waals surface area contributed by atoms with Crippen molar-refractivity contribution in [1.82, 2.24) is 4.90 Å². The topological polar surface area (TPSA) is 66.9 Å². The Hall–Kier alpha value is -2.54. The molecule has 2 aromatic carbocycles. The molecule has 2 aromatic rings. The van der Waals surface area contributed by atoms with E-state index in [2.05, 4.69) is 25.7 Å². The number of rotatable bonds is 4. The molecular weight excluding hydrogens is 388 g/mol. The summed E-state index contributed by atoms with van der Waals surface area (Å²) in [5.74, 6) is 0.366. The van der Waals surface area contributed by atoms with E-state index in [9.17, 15) is 13.2 Å². The average Bonchev–Trinajstić information content (AvgIpc) is 2.68. The van der Waals surface area contributed by atoms with Crippen LogP contribution in [0.1, 0.15) is 33.3 Å². The van der Waals surface area contributed by atoms with Crippen LogP contribution in [-0.2, 0) is 20.3 Å². The zero-order valence-corrected chi connectivity index (χ0v) is 18.2. The second-order valence-electron chi connectivity index (χ2n) is 8.30. The first-order valence-corrected chi connectivity index (χ1v) is 11.1. The van der Waals surface area contributed by atoms with Crippen LogP contribution in [0.25, 0.3) is 0 Å². The monoisotopic (exact) mass is 416 g/mol. The van der Waals surface area contributed by atoms with Gasteiger partial charge in [-0.2, -0.15) is 8.42 Å². The Labute approximate surface area is 173 Å². The predicted molar refractivity (Wildman–Crippen MR) is 114 cm³/mol. The van der Waals surface area contributed by atoms with E-state index in [1.165, 1.54) is 0 Å². The van der Waals surface area contributed by atoms with Gasteiger partial charge in [-0.3, -0.25) is 4.79 Å². The van der Waals surface area contributed by atoms with Gasteiger partial charge in [0.1, 0.15) is 10.6 Å². The van der Waals surface area contributed by atoms with Crippen LogP contribution in [-0.4, -0.2) is 45.4 Å². The molecule has 0 bridgehead atoms. The molecule has 29 heavy (non-hydrogen) atoms. The number of amides is 1. The molecule has 1 aliphatic heterocycles. The minimum absolute atomic E-state index is 0.0467. The summed E-state index contributed by atoms with van der Waals surface area (Å²) >= 11 is 0. The first-order valence-electron chi connectivity index (χ1n) is 9.72. The Morgan fingerprint density at radius 3 is 1.93 bits per heavy atom. The molecule has 1 aliphatic rings. The molecule has 0 atom stereocenters.